The van der Waals surface area contributed by atoms with Crippen molar-refractivity contribution in [3.63, 3.8) is 0 Å². The van der Waals surface area contributed by atoms with E-state index in [1.54, 1.807) is 18.2 Å². The van der Waals surface area contributed by atoms with Crippen LogP contribution in [0.15, 0.2) is 18.2 Å². The van der Waals surface area contributed by atoms with Gasteiger partial charge in [-0.3, -0.25) is 9.59 Å². The summed E-state index contributed by atoms with van der Waals surface area (Å²) in [5.41, 5.74) is 1.41. The maximum Gasteiger partial charge on any atom is 0.313 e. The number of halogens is 1. The number of anilines is 1. The van der Waals surface area contributed by atoms with Crippen molar-refractivity contribution in [1.29, 1.82) is 0 Å². The van der Waals surface area contributed by atoms with E-state index in [1.807, 2.05) is 13.8 Å². The van der Waals surface area contributed by atoms with E-state index in [1.165, 1.54) is 0 Å². The summed E-state index contributed by atoms with van der Waals surface area (Å²) in [7, 11) is 0. The van der Waals surface area contributed by atoms with E-state index >= 15 is 0 Å². The Kier molecular flexibility index (Phi) is 5.65. The Balaban J connectivity index is 2.58. The number of carbonyl (C=O) groups excluding carboxylic acids is 2. The second kappa shape index (κ2) is 7.01. The summed E-state index contributed by atoms with van der Waals surface area (Å²) < 4.78 is 0. The van der Waals surface area contributed by atoms with E-state index in [4.69, 9.17) is 11.6 Å². The minimum atomic E-state index is -0.670. The van der Waals surface area contributed by atoms with Gasteiger partial charge < -0.3 is 10.6 Å². The standard InChI is InChI=1S/C13H17ClN2O2/c1-3-4-7-15-12(17)13(18)16-11-8-10(14)6-5-9(11)2/h5-6,8H,3-4,7H2,1-2H3,(H,15,17)(H,16,18). The maximum atomic E-state index is 11.6. The molecule has 2 amide bonds. The molecule has 0 aliphatic rings. The first-order chi connectivity index (χ1) is 8.54. The normalized spacial score (nSPS) is 9.94. The Morgan fingerprint density at radius 3 is 2.67 bits per heavy atom. The molecule has 5 heteroatoms. The van der Waals surface area contributed by atoms with Crippen LogP contribution in [0.3, 0.4) is 0 Å². The lowest BCUT2D eigenvalue weighted by Crippen LogP contribution is -2.36. The zero-order valence-corrected chi connectivity index (χ0v) is 11.3. The fourth-order valence-electron chi connectivity index (χ4n) is 1.37. The zero-order valence-electron chi connectivity index (χ0n) is 10.5. The van der Waals surface area contributed by atoms with Crippen molar-refractivity contribution in [2.75, 3.05) is 11.9 Å². The average molecular weight is 269 g/mol. The van der Waals surface area contributed by atoms with E-state index in [2.05, 4.69) is 10.6 Å². The average Bonchev–Trinajstić information content (AvgIpc) is 2.34. The molecule has 0 aliphatic heterocycles. The fraction of sp³-hybridized carbons (Fsp3) is 0.385. The monoisotopic (exact) mass is 268 g/mol. The number of benzene rings is 1. The Labute approximate surface area is 112 Å². The topological polar surface area (TPSA) is 58.2 Å². The van der Waals surface area contributed by atoms with Crippen molar-refractivity contribution in [2.45, 2.75) is 26.7 Å². The van der Waals surface area contributed by atoms with Crippen molar-refractivity contribution in [3.05, 3.63) is 28.8 Å². The van der Waals surface area contributed by atoms with Gasteiger partial charge in [0, 0.05) is 17.3 Å². The minimum absolute atomic E-state index is 0.511. The molecule has 1 aromatic rings. The Morgan fingerprint density at radius 1 is 1.28 bits per heavy atom. The molecule has 0 radical (unpaired) electrons. The lowest BCUT2D eigenvalue weighted by molar-refractivity contribution is -0.136. The number of carbonyl (C=O) groups is 2. The molecule has 0 unspecified atom stereocenters. The smallest absolute Gasteiger partial charge is 0.313 e. The third-order valence-corrected chi connectivity index (χ3v) is 2.71. The fourth-order valence-corrected chi connectivity index (χ4v) is 1.54. The van der Waals surface area contributed by atoms with E-state index in [0.29, 0.717) is 17.3 Å². The maximum absolute atomic E-state index is 11.6. The molecule has 0 saturated carbocycles. The van der Waals surface area contributed by atoms with Crippen molar-refractivity contribution in [1.82, 2.24) is 5.32 Å². The molecule has 0 spiro atoms. The van der Waals surface area contributed by atoms with Gasteiger partial charge in [-0.2, -0.15) is 0 Å². The highest BCUT2D eigenvalue weighted by atomic mass is 35.5. The van der Waals surface area contributed by atoms with Crippen molar-refractivity contribution >= 4 is 29.1 Å². The van der Waals surface area contributed by atoms with Crippen LogP contribution in [0, 0.1) is 6.92 Å². The van der Waals surface area contributed by atoms with E-state index in [-0.39, 0.29) is 0 Å². The summed E-state index contributed by atoms with van der Waals surface area (Å²) >= 11 is 5.83. The van der Waals surface area contributed by atoms with Gasteiger partial charge in [0.2, 0.25) is 0 Å². The van der Waals surface area contributed by atoms with Gasteiger partial charge in [-0.15, -0.1) is 0 Å². The summed E-state index contributed by atoms with van der Waals surface area (Å²) in [6, 6.07) is 5.13. The molecule has 2 N–H and O–H groups in total. The van der Waals surface area contributed by atoms with Gasteiger partial charge in [0.05, 0.1) is 0 Å². The highest BCUT2D eigenvalue weighted by Crippen LogP contribution is 2.19. The molecule has 0 atom stereocenters. The molecule has 0 saturated heterocycles. The van der Waals surface area contributed by atoms with Gasteiger partial charge in [-0.05, 0) is 31.0 Å². The van der Waals surface area contributed by atoms with Gasteiger partial charge in [-0.1, -0.05) is 31.0 Å². The lowest BCUT2D eigenvalue weighted by Gasteiger charge is -2.08. The van der Waals surface area contributed by atoms with Crippen LogP contribution >= 0.6 is 11.6 Å². The highest BCUT2D eigenvalue weighted by Gasteiger charge is 2.13. The van der Waals surface area contributed by atoms with E-state index in [0.717, 1.165) is 18.4 Å². The molecule has 0 bridgehead atoms. The molecule has 0 aromatic heterocycles. The lowest BCUT2D eigenvalue weighted by atomic mass is 10.2. The Bertz CT molecular complexity index is 447. The molecular weight excluding hydrogens is 252 g/mol. The van der Waals surface area contributed by atoms with Gasteiger partial charge in [0.15, 0.2) is 0 Å². The number of hydrogen-bond acceptors (Lipinski definition) is 2. The summed E-state index contributed by atoms with van der Waals surface area (Å²) in [6.07, 6.45) is 1.82. The Morgan fingerprint density at radius 2 is 2.00 bits per heavy atom. The molecule has 18 heavy (non-hydrogen) atoms. The second-order valence-electron chi connectivity index (χ2n) is 4.02. The summed E-state index contributed by atoms with van der Waals surface area (Å²) in [5.74, 6) is -1.29. The predicted octanol–water partition coefficient (Wildman–Crippen LogP) is 2.50. The van der Waals surface area contributed by atoms with Gasteiger partial charge >= 0.3 is 11.8 Å². The third kappa shape index (κ3) is 4.37. The first-order valence-electron chi connectivity index (χ1n) is 5.90. The van der Waals surface area contributed by atoms with E-state index < -0.39 is 11.8 Å². The van der Waals surface area contributed by atoms with Crippen LogP contribution in [0.1, 0.15) is 25.3 Å². The highest BCUT2D eigenvalue weighted by molar-refractivity contribution is 6.40. The van der Waals surface area contributed by atoms with Crippen LogP contribution in [-0.2, 0) is 9.59 Å². The van der Waals surface area contributed by atoms with Crippen molar-refractivity contribution in [2.24, 2.45) is 0 Å². The van der Waals surface area contributed by atoms with Crippen LogP contribution in [0.25, 0.3) is 0 Å². The molecule has 98 valence electrons. The number of nitrogens with one attached hydrogen (secondary N) is 2. The third-order valence-electron chi connectivity index (χ3n) is 2.47. The number of hydrogen-bond donors (Lipinski definition) is 2. The molecule has 0 heterocycles. The molecule has 4 nitrogen and oxygen atoms in total. The summed E-state index contributed by atoms with van der Waals surface area (Å²) in [6.45, 7) is 4.36. The summed E-state index contributed by atoms with van der Waals surface area (Å²) in [5, 5.41) is 5.61. The van der Waals surface area contributed by atoms with E-state index in [9.17, 15) is 9.59 Å². The number of unbranched alkanes of at least 4 members (excludes halogenated alkanes) is 1. The number of aryl methyl sites for hydroxylation is 1. The number of rotatable bonds is 4. The number of amides is 2. The molecule has 0 fully saturated rings. The zero-order chi connectivity index (χ0) is 13.5. The van der Waals surface area contributed by atoms with Crippen LogP contribution in [-0.4, -0.2) is 18.4 Å². The van der Waals surface area contributed by atoms with Crippen LogP contribution < -0.4 is 10.6 Å². The molecule has 1 rings (SSSR count). The minimum Gasteiger partial charge on any atom is -0.348 e. The van der Waals surface area contributed by atoms with Crippen molar-refractivity contribution in [3.8, 4) is 0 Å². The van der Waals surface area contributed by atoms with Gasteiger partial charge in [-0.25, -0.2) is 0 Å². The van der Waals surface area contributed by atoms with Gasteiger partial charge in [0.25, 0.3) is 0 Å². The SMILES string of the molecule is CCCCNC(=O)C(=O)Nc1cc(Cl)ccc1C. The molecule has 0 aliphatic carbocycles. The molecule has 1 aromatic carbocycles. The second-order valence-corrected chi connectivity index (χ2v) is 4.46. The Hall–Kier alpha value is -1.55. The van der Waals surface area contributed by atoms with Gasteiger partial charge in [0.1, 0.15) is 0 Å². The largest absolute Gasteiger partial charge is 0.348 e. The summed E-state index contributed by atoms with van der Waals surface area (Å²) in [4.78, 5) is 23.1. The quantitative estimate of drug-likeness (QED) is 0.651. The van der Waals surface area contributed by atoms with Crippen LogP contribution in [0.2, 0.25) is 5.02 Å². The first-order valence-corrected chi connectivity index (χ1v) is 6.27. The van der Waals surface area contributed by atoms with Crippen molar-refractivity contribution < 1.29 is 9.59 Å². The first kappa shape index (κ1) is 14.5. The predicted molar refractivity (Wildman–Crippen MR) is 72.7 cm³/mol. The van der Waals surface area contributed by atoms with Crippen LogP contribution in [0.5, 0.6) is 0 Å². The molecular formula is C13H17ClN2O2. The van der Waals surface area contributed by atoms with Crippen LogP contribution in [0.4, 0.5) is 5.69 Å².